The summed E-state index contributed by atoms with van der Waals surface area (Å²) in [5, 5.41) is 12.9. The molecule has 0 amide bonds. The summed E-state index contributed by atoms with van der Waals surface area (Å²) in [5.41, 5.74) is -0.770. The van der Waals surface area contributed by atoms with Gasteiger partial charge in [-0.15, -0.1) is 10.3 Å². The molecule has 3 nitrogen and oxygen atoms in total. The van der Waals surface area contributed by atoms with Crippen LogP contribution in [-0.4, -0.2) is 21.9 Å². The summed E-state index contributed by atoms with van der Waals surface area (Å²) in [6.07, 6.45) is 2.65. The third kappa shape index (κ3) is 0.866. The number of nitrogens with zero attached hydrogens (tertiary/aromatic N) is 1. The van der Waals surface area contributed by atoms with E-state index in [0.717, 1.165) is 12.8 Å². The molecule has 3 heteroatoms. The SMILES string of the molecule is CC12CCC(C)(CC(=O)C1)N2[O]. The Hall–Kier alpha value is -0.410. The molecule has 0 aromatic rings. The summed E-state index contributed by atoms with van der Waals surface area (Å²) < 4.78 is 0. The Morgan fingerprint density at radius 3 is 2.00 bits per heavy atom. The Morgan fingerprint density at radius 2 is 1.58 bits per heavy atom. The van der Waals surface area contributed by atoms with E-state index in [1.807, 2.05) is 13.8 Å². The zero-order chi connectivity index (χ0) is 8.98. The molecule has 2 aliphatic heterocycles. The second-order valence-corrected chi connectivity index (χ2v) is 4.68. The first-order chi connectivity index (χ1) is 5.46. The summed E-state index contributed by atoms with van der Waals surface area (Å²) in [5.74, 6) is 0.254. The zero-order valence-electron chi connectivity index (χ0n) is 7.59. The van der Waals surface area contributed by atoms with Crippen molar-refractivity contribution in [2.24, 2.45) is 0 Å². The van der Waals surface area contributed by atoms with E-state index in [4.69, 9.17) is 0 Å². The molecule has 2 fully saturated rings. The molecule has 0 aromatic heterocycles. The van der Waals surface area contributed by atoms with Gasteiger partial charge < -0.3 is 0 Å². The monoisotopic (exact) mass is 168 g/mol. The fourth-order valence-electron chi connectivity index (χ4n) is 2.63. The van der Waals surface area contributed by atoms with Gasteiger partial charge in [0, 0.05) is 12.8 Å². The van der Waals surface area contributed by atoms with Crippen LogP contribution >= 0.6 is 0 Å². The summed E-state index contributed by atoms with van der Waals surface area (Å²) in [7, 11) is 0. The van der Waals surface area contributed by atoms with Crippen LogP contribution in [0.5, 0.6) is 0 Å². The number of ketones is 1. The van der Waals surface area contributed by atoms with E-state index >= 15 is 0 Å². The second-order valence-electron chi connectivity index (χ2n) is 4.68. The van der Waals surface area contributed by atoms with Crippen molar-refractivity contribution in [1.29, 1.82) is 0 Å². The van der Waals surface area contributed by atoms with Gasteiger partial charge in [0.05, 0.1) is 11.1 Å². The van der Waals surface area contributed by atoms with Crippen molar-refractivity contribution >= 4 is 5.78 Å². The van der Waals surface area contributed by atoms with Gasteiger partial charge in [-0.3, -0.25) is 4.79 Å². The average molecular weight is 168 g/mol. The Kier molecular flexibility index (Phi) is 1.43. The average Bonchev–Trinajstić information content (AvgIpc) is 2.16. The van der Waals surface area contributed by atoms with Crippen molar-refractivity contribution in [3.63, 3.8) is 0 Å². The Balaban J connectivity index is 2.36. The number of piperidine rings is 1. The molecule has 0 aromatic carbocycles. The molecule has 2 saturated heterocycles. The highest BCUT2D eigenvalue weighted by Crippen LogP contribution is 2.47. The van der Waals surface area contributed by atoms with Gasteiger partial charge in [-0.25, -0.2) is 0 Å². The highest BCUT2D eigenvalue weighted by atomic mass is 16.5. The van der Waals surface area contributed by atoms with Gasteiger partial charge in [-0.05, 0) is 26.7 Å². The maximum absolute atomic E-state index is 11.7. The molecule has 2 atom stereocenters. The van der Waals surface area contributed by atoms with Gasteiger partial charge in [0.15, 0.2) is 0 Å². The first kappa shape index (κ1) is 8.20. The minimum atomic E-state index is -0.385. The second kappa shape index (κ2) is 2.09. The van der Waals surface area contributed by atoms with Crippen LogP contribution in [0.1, 0.15) is 39.5 Å². The van der Waals surface area contributed by atoms with E-state index in [9.17, 15) is 10.0 Å². The molecule has 2 heterocycles. The highest BCUT2D eigenvalue weighted by Gasteiger charge is 2.56. The smallest absolute Gasteiger partial charge is 0.136 e. The lowest BCUT2D eigenvalue weighted by molar-refractivity contribution is -0.262. The molecule has 2 bridgehead atoms. The van der Waals surface area contributed by atoms with Crippen molar-refractivity contribution in [3.8, 4) is 0 Å². The third-order valence-corrected chi connectivity index (χ3v) is 3.34. The van der Waals surface area contributed by atoms with Crippen LogP contribution in [0.3, 0.4) is 0 Å². The normalized spacial score (nSPS) is 48.4. The predicted octanol–water partition coefficient (Wildman–Crippen LogP) is 1.31. The summed E-state index contributed by atoms with van der Waals surface area (Å²) in [4.78, 5) is 11.3. The lowest BCUT2D eigenvalue weighted by Gasteiger charge is -2.40. The van der Waals surface area contributed by atoms with Crippen molar-refractivity contribution in [3.05, 3.63) is 0 Å². The standard InChI is InChI=1S/C9H14NO2/c1-8-3-4-9(2,10(8)12)6-7(11)5-8/h3-6H2,1-2H3. The Labute approximate surface area is 72.3 Å². The summed E-state index contributed by atoms with van der Waals surface area (Å²) in [6, 6.07) is 0. The van der Waals surface area contributed by atoms with Gasteiger partial charge in [-0.1, -0.05) is 0 Å². The van der Waals surface area contributed by atoms with E-state index in [0.29, 0.717) is 12.8 Å². The van der Waals surface area contributed by atoms with Crippen molar-refractivity contribution in [2.75, 3.05) is 0 Å². The summed E-state index contributed by atoms with van der Waals surface area (Å²) in [6.45, 7) is 3.81. The third-order valence-electron chi connectivity index (χ3n) is 3.34. The van der Waals surface area contributed by atoms with Gasteiger partial charge >= 0.3 is 0 Å². The molecule has 2 unspecified atom stereocenters. The van der Waals surface area contributed by atoms with Crippen LogP contribution in [-0.2, 0) is 10.0 Å². The van der Waals surface area contributed by atoms with Crippen molar-refractivity contribution < 1.29 is 10.0 Å². The van der Waals surface area contributed by atoms with Crippen LogP contribution in [0.15, 0.2) is 0 Å². The molecule has 2 aliphatic rings. The number of rotatable bonds is 0. The lowest BCUT2D eigenvalue weighted by Crippen LogP contribution is -2.54. The molecular weight excluding hydrogens is 154 g/mol. The van der Waals surface area contributed by atoms with Crippen LogP contribution < -0.4 is 0 Å². The van der Waals surface area contributed by atoms with E-state index in [2.05, 4.69) is 0 Å². The molecule has 0 N–H and O–H groups in total. The highest BCUT2D eigenvalue weighted by molar-refractivity contribution is 5.82. The van der Waals surface area contributed by atoms with Crippen molar-refractivity contribution in [1.82, 2.24) is 5.06 Å². The lowest BCUT2D eigenvalue weighted by atomic mass is 9.87. The van der Waals surface area contributed by atoms with Gasteiger partial charge in [0.25, 0.3) is 0 Å². The number of Topliss-reactive ketones (excluding diaryl/α,β-unsaturated/α-hetero) is 1. The molecule has 1 radical (unpaired) electrons. The van der Waals surface area contributed by atoms with Crippen molar-refractivity contribution in [2.45, 2.75) is 50.6 Å². The van der Waals surface area contributed by atoms with E-state index in [1.54, 1.807) is 0 Å². The predicted molar refractivity (Wildman–Crippen MR) is 42.8 cm³/mol. The summed E-state index contributed by atoms with van der Waals surface area (Å²) >= 11 is 0. The minimum absolute atomic E-state index is 0.254. The maximum atomic E-state index is 11.7. The molecule has 2 rings (SSSR count). The number of hydrogen-bond acceptors (Lipinski definition) is 2. The van der Waals surface area contributed by atoms with Gasteiger partial charge in [-0.2, -0.15) is 0 Å². The molecule has 0 aliphatic carbocycles. The number of hydrogen-bond donors (Lipinski definition) is 0. The Bertz CT molecular complexity index is 219. The molecule has 12 heavy (non-hydrogen) atoms. The number of hydroxylamine groups is 2. The number of fused-ring (bicyclic) bond motifs is 2. The first-order valence-corrected chi connectivity index (χ1v) is 4.46. The molecular formula is C9H14NO2. The quantitative estimate of drug-likeness (QED) is 0.547. The minimum Gasteiger partial charge on any atom is -0.300 e. The molecule has 0 saturated carbocycles. The first-order valence-electron chi connectivity index (χ1n) is 4.46. The number of carbonyl (C=O) groups is 1. The van der Waals surface area contributed by atoms with Crippen LogP contribution in [0, 0.1) is 0 Å². The van der Waals surface area contributed by atoms with Crippen LogP contribution in [0.25, 0.3) is 0 Å². The van der Waals surface area contributed by atoms with E-state index in [-0.39, 0.29) is 16.9 Å². The van der Waals surface area contributed by atoms with Gasteiger partial charge in [0.2, 0.25) is 0 Å². The molecule has 0 spiro atoms. The molecule has 67 valence electrons. The zero-order valence-corrected chi connectivity index (χ0v) is 7.59. The fourth-order valence-corrected chi connectivity index (χ4v) is 2.63. The van der Waals surface area contributed by atoms with Crippen LogP contribution in [0.2, 0.25) is 0 Å². The van der Waals surface area contributed by atoms with E-state index < -0.39 is 0 Å². The van der Waals surface area contributed by atoms with Crippen LogP contribution in [0.4, 0.5) is 0 Å². The number of carbonyl (C=O) groups excluding carboxylic acids is 1. The van der Waals surface area contributed by atoms with Gasteiger partial charge in [0.1, 0.15) is 5.78 Å². The topological polar surface area (TPSA) is 40.2 Å². The maximum Gasteiger partial charge on any atom is 0.136 e. The van der Waals surface area contributed by atoms with E-state index in [1.165, 1.54) is 5.06 Å². The largest absolute Gasteiger partial charge is 0.300 e. The Morgan fingerprint density at radius 1 is 1.17 bits per heavy atom. The fraction of sp³-hybridized carbons (Fsp3) is 0.889.